The molecule has 1 aromatic rings. The summed E-state index contributed by atoms with van der Waals surface area (Å²) in [4.78, 5) is 40.6. The normalized spacial score (nSPS) is 28.7. The van der Waals surface area contributed by atoms with Crippen molar-refractivity contribution in [2.45, 2.75) is 107 Å². The third-order valence-electron chi connectivity index (χ3n) is 7.84. The van der Waals surface area contributed by atoms with Crippen LogP contribution in [0.25, 0.3) is 6.08 Å². The highest BCUT2D eigenvalue weighted by Crippen LogP contribution is 2.31. The molecule has 1 amide bonds. The number of ether oxygens (including phenoxy) is 6. The van der Waals surface area contributed by atoms with Crippen LogP contribution < -0.4 is 5.32 Å². The summed E-state index contributed by atoms with van der Waals surface area (Å²) in [5.41, 5.74) is 0.738. The zero-order chi connectivity index (χ0) is 30.4. The molecule has 0 radical (unpaired) electrons. The first-order chi connectivity index (χ1) is 20.9. The second-order valence-electron chi connectivity index (χ2n) is 11.2. The second-order valence-corrected chi connectivity index (χ2v) is 11.2. The predicted molar refractivity (Wildman–Crippen MR) is 154 cm³/mol. The molecule has 3 aliphatic heterocycles. The number of oxazole rings is 1. The maximum absolute atomic E-state index is 12.7. The number of alkyl carbamates (subject to hydrolysis) is 1. The van der Waals surface area contributed by atoms with Crippen LogP contribution in [0.2, 0.25) is 0 Å². The van der Waals surface area contributed by atoms with Gasteiger partial charge < -0.3 is 38.2 Å². The fraction of sp³-hybridized carbons (Fsp3) is 0.677. The van der Waals surface area contributed by atoms with Gasteiger partial charge in [-0.1, -0.05) is 12.2 Å². The molecule has 3 aliphatic rings. The van der Waals surface area contributed by atoms with E-state index in [1.54, 1.807) is 31.6 Å². The minimum atomic E-state index is -0.516. The molecule has 0 spiro atoms. The molecule has 43 heavy (non-hydrogen) atoms. The Bertz CT molecular complexity index is 1100. The monoisotopic (exact) mass is 604 g/mol. The number of allylic oxidation sites excluding steroid dienone is 1. The van der Waals surface area contributed by atoms with E-state index in [-0.39, 0.29) is 49.5 Å². The smallest absolute Gasteiger partial charge is 0.407 e. The first-order valence-corrected chi connectivity index (χ1v) is 15.2. The van der Waals surface area contributed by atoms with E-state index >= 15 is 0 Å². The molecule has 6 atom stereocenters. The van der Waals surface area contributed by atoms with Crippen LogP contribution in [0.1, 0.15) is 75.8 Å². The van der Waals surface area contributed by atoms with Crippen molar-refractivity contribution in [3.63, 3.8) is 0 Å². The van der Waals surface area contributed by atoms with Gasteiger partial charge in [-0.15, -0.1) is 0 Å². The van der Waals surface area contributed by atoms with Crippen molar-refractivity contribution in [3.8, 4) is 0 Å². The van der Waals surface area contributed by atoms with Crippen LogP contribution in [-0.4, -0.2) is 87.0 Å². The van der Waals surface area contributed by atoms with Gasteiger partial charge in [0.1, 0.15) is 12.4 Å². The molecule has 4 bridgehead atoms. The molecule has 4 heterocycles. The van der Waals surface area contributed by atoms with Gasteiger partial charge in [0, 0.05) is 39.0 Å². The van der Waals surface area contributed by atoms with Gasteiger partial charge in [-0.05, 0) is 51.0 Å². The van der Waals surface area contributed by atoms with Gasteiger partial charge in [0.05, 0.1) is 56.4 Å². The topological polar surface area (TPSA) is 145 Å². The molecule has 12 heteroatoms. The van der Waals surface area contributed by atoms with Crippen LogP contribution in [0, 0.1) is 0 Å². The molecule has 12 nitrogen and oxygen atoms in total. The number of fused-ring (bicyclic) bond motifs is 4. The van der Waals surface area contributed by atoms with Crippen LogP contribution in [-0.2, 0) is 44.4 Å². The summed E-state index contributed by atoms with van der Waals surface area (Å²) in [6.45, 7) is 0.612. The van der Waals surface area contributed by atoms with Crippen molar-refractivity contribution in [2.75, 3.05) is 27.4 Å². The summed E-state index contributed by atoms with van der Waals surface area (Å²) < 4.78 is 39.5. The number of nitrogens with zero attached hydrogens (tertiary/aromatic N) is 1. The van der Waals surface area contributed by atoms with Crippen LogP contribution in [0.4, 0.5) is 4.79 Å². The number of nitrogens with one attached hydrogen (secondary N) is 1. The summed E-state index contributed by atoms with van der Waals surface area (Å²) in [7, 11) is 3.00. The van der Waals surface area contributed by atoms with Gasteiger partial charge in [0.25, 0.3) is 0 Å². The Morgan fingerprint density at radius 3 is 2.60 bits per heavy atom. The molecule has 3 fully saturated rings. The number of aryl methyl sites for hydroxylation is 1. The van der Waals surface area contributed by atoms with E-state index in [4.69, 9.17) is 28.1 Å². The summed E-state index contributed by atoms with van der Waals surface area (Å²) in [6, 6.07) is 0. The van der Waals surface area contributed by atoms with Crippen molar-refractivity contribution >= 4 is 24.1 Å². The fourth-order valence-corrected chi connectivity index (χ4v) is 5.74. The molecule has 0 aromatic carbocycles. The number of hydrogen-bond donors (Lipinski definition) is 1. The first-order valence-electron chi connectivity index (χ1n) is 15.2. The third kappa shape index (κ3) is 11.4. The molecule has 1 aromatic heterocycles. The van der Waals surface area contributed by atoms with Crippen molar-refractivity contribution < 1.29 is 47.2 Å². The van der Waals surface area contributed by atoms with Gasteiger partial charge >= 0.3 is 18.0 Å². The molecule has 238 valence electrons. The molecule has 0 saturated carbocycles. The number of amides is 1. The lowest BCUT2D eigenvalue weighted by atomic mass is 9.92. The first kappa shape index (κ1) is 32.7. The van der Waals surface area contributed by atoms with E-state index in [1.807, 2.05) is 0 Å². The quantitative estimate of drug-likeness (QED) is 0.247. The Balaban J connectivity index is 1.26. The Morgan fingerprint density at radius 1 is 1.00 bits per heavy atom. The Kier molecular flexibility index (Phi) is 13.1. The highest BCUT2D eigenvalue weighted by atomic mass is 16.6. The lowest BCUT2D eigenvalue weighted by Crippen LogP contribution is -2.42. The molecule has 1 N–H and O–H groups in total. The molecule has 0 aliphatic carbocycles. The zero-order valence-corrected chi connectivity index (χ0v) is 25.1. The van der Waals surface area contributed by atoms with E-state index < -0.39 is 18.2 Å². The highest BCUT2D eigenvalue weighted by Gasteiger charge is 2.36. The van der Waals surface area contributed by atoms with Crippen molar-refractivity contribution in [1.82, 2.24) is 10.3 Å². The molecule has 4 rings (SSSR count). The average Bonchev–Trinajstić information content (AvgIpc) is 3.44. The van der Waals surface area contributed by atoms with Crippen LogP contribution >= 0.6 is 0 Å². The number of carbonyl (C=O) groups is 3. The van der Waals surface area contributed by atoms with Gasteiger partial charge in [-0.25, -0.2) is 14.6 Å². The highest BCUT2D eigenvalue weighted by molar-refractivity contribution is 5.82. The van der Waals surface area contributed by atoms with Gasteiger partial charge in [-0.3, -0.25) is 4.79 Å². The lowest BCUT2D eigenvalue weighted by Gasteiger charge is -2.37. The van der Waals surface area contributed by atoms with Crippen LogP contribution in [0.15, 0.2) is 28.9 Å². The number of rotatable bonds is 9. The van der Waals surface area contributed by atoms with E-state index in [0.717, 1.165) is 31.4 Å². The minimum absolute atomic E-state index is 0.0531. The number of esters is 2. The van der Waals surface area contributed by atoms with E-state index in [9.17, 15) is 14.4 Å². The maximum atomic E-state index is 12.7. The Morgan fingerprint density at radius 2 is 1.77 bits per heavy atom. The van der Waals surface area contributed by atoms with Crippen LogP contribution in [0.3, 0.4) is 0 Å². The third-order valence-corrected chi connectivity index (χ3v) is 7.84. The lowest BCUT2D eigenvalue weighted by molar-refractivity contribution is -0.167. The summed E-state index contributed by atoms with van der Waals surface area (Å²) in [5, 5.41) is 2.53. The standard InChI is InChI=1S/C31H44N2O10/c1-37-24-15-23-9-5-8-22(41-23)12-14-39-30(35)19-27-18-26(17-25(16-24)42-27)43-29(34)11-4-3-7-21-20-40-28(33-21)10-6-13-32-31(36)38-2/h4,6,10-11,20,22-27H,3,5,7-9,12-19H2,1-2H3,(H,32,36)/b10-6-,11-4-/t22-,23?,24+,25?,26+,27-/m0/s1. The Labute approximate surface area is 252 Å². The van der Waals surface area contributed by atoms with Crippen molar-refractivity contribution in [3.05, 3.63) is 36.1 Å². The number of carbonyl (C=O) groups excluding carboxylic acids is 3. The molecule has 2 unspecified atom stereocenters. The maximum Gasteiger partial charge on any atom is 0.407 e. The molecular formula is C31H44N2O10. The largest absolute Gasteiger partial charge is 0.465 e. The average molecular weight is 605 g/mol. The molecular weight excluding hydrogens is 560 g/mol. The zero-order valence-electron chi connectivity index (χ0n) is 25.1. The fourth-order valence-electron chi connectivity index (χ4n) is 5.74. The SMILES string of the molecule is COC(=O)NC/C=C\c1nc(CC/C=C\C(=O)O[C@@H]2CC3C[C@H](OC)CC4CCC[C@@H](CCOC(=O)C[C@H](C2)O3)O4)co1. The second kappa shape index (κ2) is 17.2. The van der Waals surface area contributed by atoms with Gasteiger partial charge in [-0.2, -0.15) is 0 Å². The van der Waals surface area contributed by atoms with E-state index in [1.165, 1.54) is 13.2 Å². The van der Waals surface area contributed by atoms with Gasteiger partial charge in [0.15, 0.2) is 0 Å². The summed E-state index contributed by atoms with van der Waals surface area (Å²) in [6.07, 6.45) is 14.1. The molecule has 3 saturated heterocycles. The predicted octanol–water partition coefficient (Wildman–Crippen LogP) is 4.06. The van der Waals surface area contributed by atoms with Crippen LogP contribution in [0.5, 0.6) is 0 Å². The number of aromatic nitrogens is 1. The number of methoxy groups -OCH3 is 2. The van der Waals surface area contributed by atoms with E-state index in [0.29, 0.717) is 51.0 Å². The number of cyclic esters (lactones) is 1. The summed E-state index contributed by atoms with van der Waals surface area (Å²) in [5.74, 6) is -0.332. The van der Waals surface area contributed by atoms with Crippen molar-refractivity contribution in [1.29, 1.82) is 0 Å². The number of hydrogen-bond acceptors (Lipinski definition) is 11. The summed E-state index contributed by atoms with van der Waals surface area (Å²) >= 11 is 0. The van der Waals surface area contributed by atoms with Crippen molar-refractivity contribution in [2.24, 2.45) is 0 Å². The van der Waals surface area contributed by atoms with Gasteiger partial charge in [0.2, 0.25) is 5.89 Å². The minimum Gasteiger partial charge on any atom is -0.465 e. The van der Waals surface area contributed by atoms with E-state index in [2.05, 4.69) is 15.0 Å². The Hall–Kier alpha value is -3.22.